The summed E-state index contributed by atoms with van der Waals surface area (Å²) in [5.41, 5.74) is 5.47. The topological polar surface area (TPSA) is 45.5 Å². The van der Waals surface area contributed by atoms with Crippen LogP contribution in [0.25, 0.3) is 33.4 Å². The predicted molar refractivity (Wildman–Crippen MR) is 136 cm³/mol. The minimum absolute atomic E-state index is 0.284. The molecule has 0 fully saturated rings. The van der Waals surface area contributed by atoms with E-state index >= 15 is 0 Å². The van der Waals surface area contributed by atoms with Crippen molar-refractivity contribution in [3.63, 3.8) is 0 Å². The summed E-state index contributed by atoms with van der Waals surface area (Å²) >= 11 is 0. The van der Waals surface area contributed by atoms with Gasteiger partial charge in [-0.25, -0.2) is 8.60 Å². The minimum atomic E-state index is -1.20. The van der Waals surface area contributed by atoms with Crippen molar-refractivity contribution in [2.75, 3.05) is 24.2 Å². The number of nitrogens with zero attached hydrogens (tertiary/aromatic N) is 1. The summed E-state index contributed by atoms with van der Waals surface area (Å²) in [5.74, 6) is 0.761. The molecule has 1 heterocycles. The second-order valence-electron chi connectivity index (χ2n) is 8.56. The van der Waals surface area contributed by atoms with Crippen LogP contribution in [0.2, 0.25) is 0 Å². The number of hydrogen-bond acceptors (Lipinski definition) is 3. The normalized spacial score (nSPS) is 12.4. The number of halogens is 1. The Labute approximate surface area is 197 Å². The molecule has 1 N–H and O–H groups in total. The second-order valence-corrected chi connectivity index (χ2v) is 9.85. The predicted octanol–water partition coefficient (Wildman–Crippen LogP) is 6.38. The van der Waals surface area contributed by atoms with Gasteiger partial charge in [-0.15, -0.1) is 0 Å². The largest absolute Gasteiger partial charge is 0.456 e. The maximum Gasteiger partial charge on any atom is 0.139 e. The van der Waals surface area contributed by atoms with Crippen LogP contribution in [0.3, 0.4) is 0 Å². The summed E-state index contributed by atoms with van der Waals surface area (Å²) in [6.07, 6.45) is 1.71. The van der Waals surface area contributed by atoms with Gasteiger partial charge in [0.2, 0.25) is 0 Å². The monoisotopic (exact) mass is 464 g/mol. The quantitative estimate of drug-likeness (QED) is 0.329. The Kier molecular flexibility index (Phi) is 6.96. The van der Waals surface area contributed by atoms with E-state index in [0.29, 0.717) is 30.4 Å². The SMILES string of the molecule is CNCc1c(-c2ccc(F)cc2)oc2cc(N(CC(C)C)S(C)=O)c(-c3ccccc3)cc12. The average molecular weight is 465 g/mol. The Morgan fingerprint density at radius 1 is 1.03 bits per heavy atom. The number of furan rings is 1. The Balaban J connectivity index is 2.00. The molecule has 33 heavy (non-hydrogen) atoms. The lowest BCUT2D eigenvalue weighted by Gasteiger charge is -2.26. The molecule has 0 saturated carbocycles. The molecule has 0 spiro atoms. The molecule has 1 unspecified atom stereocenters. The van der Waals surface area contributed by atoms with Crippen molar-refractivity contribution in [3.8, 4) is 22.5 Å². The summed E-state index contributed by atoms with van der Waals surface area (Å²) in [5, 5.41) is 4.22. The van der Waals surface area contributed by atoms with E-state index in [-0.39, 0.29) is 5.82 Å². The fraction of sp³-hybridized carbons (Fsp3) is 0.259. The van der Waals surface area contributed by atoms with Crippen molar-refractivity contribution in [2.24, 2.45) is 5.92 Å². The molecule has 4 nitrogen and oxygen atoms in total. The van der Waals surface area contributed by atoms with Crippen LogP contribution in [0.4, 0.5) is 10.1 Å². The summed E-state index contributed by atoms with van der Waals surface area (Å²) in [7, 11) is 0.688. The minimum Gasteiger partial charge on any atom is -0.456 e. The van der Waals surface area contributed by atoms with Gasteiger partial charge < -0.3 is 9.73 Å². The van der Waals surface area contributed by atoms with E-state index in [2.05, 4.69) is 37.4 Å². The van der Waals surface area contributed by atoms with Gasteiger partial charge in [-0.05, 0) is 48.9 Å². The summed E-state index contributed by atoms with van der Waals surface area (Å²) in [6.45, 7) is 5.49. The lowest BCUT2D eigenvalue weighted by molar-refractivity contribution is 0.618. The molecule has 0 radical (unpaired) electrons. The van der Waals surface area contributed by atoms with Gasteiger partial charge in [0.15, 0.2) is 0 Å². The highest BCUT2D eigenvalue weighted by atomic mass is 32.2. The van der Waals surface area contributed by atoms with Gasteiger partial charge in [0.25, 0.3) is 0 Å². The zero-order chi connectivity index (χ0) is 23.5. The van der Waals surface area contributed by atoms with E-state index in [0.717, 1.165) is 33.3 Å². The first-order valence-electron chi connectivity index (χ1n) is 11.1. The Morgan fingerprint density at radius 2 is 1.73 bits per heavy atom. The van der Waals surface area contributed by atoms with Gasteiger partial charge in [-0.3, -0.25) is 4.31 Å². The van der Waals surface area contributed by atoms with Crippen molar-refractivity contribution in [1.29, 1.82) is 0 Å². The maximum atomic E-state index is 13.5. The molecule has 0 aliphatic rings. The molecule has 4 aromatic rings. The Bertz CT molecular complexity index is 1270. The molecule has 6 heteroatoms. The van der Waals surface area contributed by atoms with Gasteiger partial charge in [0.1, 0.15) is 28.1 Å². The van der Waals surface area contributed by atoms with Gasteiger partial charge in [0, 0.05) is 47.5 Å². The van der Waals surface area contributed by atoms with Crippen molar-refractivity contribution in [3.05, 3.63) is 78.1 Å². The van der Waals surface area contributed by atoms with Crippen LogP contribution >= 0.6 is 0 Å². The summed E-state index contributed by atoms with van der Waals surface area (Å²) in [4.78, 5) is 0. The Morgan fingerprint density at radius 3 is 2.33 bits per heavy atom. The number of benzene rings is 3. The molecule has 0 aliphatic carbocycles. The van der Waals surface area contributed by atoms with Crippen LogP contribution in [-0.4, -0.2) is 24.1 Å². The first-order chi connectivity index (χ1) is 15.9. The first-order valence-corrected chi connectivity index (χ1v) is 12.6. The highest BCUT2D eigenvalue weighted by Crippen LogP contribution is 2.41. The van der Waals surface area contributed by atoms with Crippen molar-refractivity contribution in [2.45, 2.75) is 20.4 Å². The number of fused-ring (bicyclic) bond motifs is 1. The number of nitrogens with one attached hydrogen (secondary N) is 1. The molecule has 0 bridgehead atoms. The molecule has 3 aromatic carbocycles. The summed E-state index contributed by atoms with van der Waals surface area (Å²) in [6, 6.07) is 20.6. The first kappa shape index (κ1) is 23.2. The van der Waals surface area contributed by atoms with Crippen LogP contribution in [0.1, 0.15) is 19.4 Å². The smallest absolute Gasteiger partial charge is 0.139 e. The van der Waals surface area contributed by atoms with Gasteiger partial charge in [-0.2, -0.15) is 0 Å². The number of rotatable bonds is 8. The van der Waals surface area contributed by atoms with E-state index < -0.39 is 11.0 Å². The van der Waals surface area contributed by atoms with Crippen molar-refractivity contribution < 1.29 is 13.0 Å². The molecule has 0 aliphatic heterocycles. The molecule has 1 atom stereocenters. The average Bonchev–Trinajstić information content (AvgIpc) is 3.15. The molecule has 0 amide bonds. The number of hydrogen-bond donors (Lipinski definition) is 1. The Hall–Kier alpha value is -2.96. The second kappa shape index (κ2) is 9.89. The standard InChI is InChI=1S/C27H29FN2O2S/c1-18(2)17-30(33(4)31)25-15-26-23(14-22(25)19-8-6-5-7-9-19)24(16-29-3)27(32-26)20-10-12-21(28)13-11-20/h5-15,18,29H,16-17H2,1-4H3. The zero-order valence-corrected chi connectivity index (χ0v) is 20.2. The van der Waals surface area contributed by atoms with Gasteiger partial charge in [-0.1, -0.05) is 44.2 Å². The van der Waals surface area contributed by atoms with Gasteiger partial charge >= 0.3 is 0 Å². The third kappa shape index (κ3) is 4.87. The fourth-order valence-electron chi connectivity index (χ4n) is 4.10. The van der Waals surface area contributed by atoms with Crippen LogP contribution < -0.4 is 9.62 Å². The zero-order valence-electron chi connectivity index (χ0n) is 19.4. The van der Waals surface area contributed by atoms with Crippen LogP contribution in [0, 0.1) is 11.7 Å². The van der Waals surface area contributed by atoms with Crippen LogP contribution in [0.5, 0.6) is 0 Å². The van der Waals surface area contributed by atoms with Crippen molar-refractivity contribution in [1.82, 2.24) is 5.32 Å². The van der Waals surface area contributed by atoms with Gasteiger partial charge in [0.05, 0.1) is 5.69 Å². The van der Waals surface area contributed by atoms with Crippen LogP contribution in [0.15, 0.2) is 71.1 Å². The van der Waals surface area contributed by atoms with E-state index in [1.54, 1.807) is 18.4 Å². The summed E-state index contributed by atoms with van der Waals surface area (Å²) < 4.78 is 34.6. The van der Waals surface area contributed by atoms with E-state index in [1.807, 2.05) is 35.6 Å². The molecule has 172 valence electrons. The number of anilines is 1. The maximum absolute atomic E-state index is 13.5. The third-order valence-electron chi connectivity index (χ3n) is 5.56. The lowest BCUT2D eigenvalue weighted by atomic mass is 9.98. The molecule has 4 rings (SSSR count). The molecular formula is C27H29FN2O2S. The third-order valence-corrected chi connectivity index (χ3v) is 6.53. The molecular weight excluding hydrogens is 435 g/mol. The highest BCUT2D eigenvalue weighted by Gasteiger charge is 2.23. The van der Waals surface area contributed by atoms with E-state index in [9.17, 15) is 8.60 Å². The highest BCUT2D eigenvalue weighted by molar-refractivity contribution is 7.85. The molecule has 1 aromatic heterocycles. The van der Waals surface area contributed by atoms with Crippen molar-refractivity contribution >= 4 is 27.6 Å². The lowest BCUT2D eigenvalue weighted by Crippen LogP contribution is -2.29. The van der Waals surface area contributed by atoms with Crippen LogP contribution in [-0.2, 0) is 17.5 Å². The fourth-order valence-corrected chi connectivity index (χ4v) is 5.03. The van der Waals surface area contributed by atoms with E-state index in [1.165, 1.54) is 12.1 Å². The van der Waals surface area contributed by atoms with E-state index in [4.69, 9.17) is 4.42 Å². The molecule has 0 saturated heterocycles.